The molecular formula is C12H16ClN. The van der Waals surface area contributed by atoms with Crippen LogP contribution in [0.1, 0.15) is 18.5 Å². The van der Waals surface area contributed by atoms with Crippen molar-refractivity contribution in [2.75, 3.05) is 12.4 Å². The highest BCUT2D eigenvalue weighted by atomic mass is 35.5. The molecule has 0 saturated carbocycles. The van der Waals surface area contributed by atoms with Gasteiger partial charge in [0.2, 0.25) is 0 Å². The summed E-state index contributed by atoms with van der Waals surface area (Å²) in [6.07, 6.45) is 4.00. The van der Waals surface area contributed by atoms with Gasteiger partial charge in [-0.1, -0.05) is 42.5 Å². The topological polar surface area (TPSA) is 12.0 Å². The van der Waals surface area contributed by atoms with Crippen molar-refractivity contribution in [1.82, 2.24) is 5.32 Å². The molecule has 0 heterocycles. The van der Waals surface area contributed by atoms with Gasteiger partial charge >= 0.3 is 0 Å². The van der Waals surface area contributed by atoms with E-state index in [1.54, 1.807) is 0 Å². The van der Waals surface area contributed by atoms with Crippen molar-refractivity contribution >= 4 is 11.6 Å². The van der Waals surface area contributed by atoms with Crippen LogP contribution in [0.2, 0.25) is 0 Å². The van der Waals surface area contributed by atoms with Gasteiger partial charge in [-0.3, -0.25) is 0 Å². The molecule has 1 aromatic carbocycles. The van der Waals surface area contributed by atoms with Crippen molar-refractivity contribution in [2.45, 2.75) is 13.0 Å². The molecule has 2 heteroatoms. The van der Waals surface area contributed by atoms with Crippen LogP contribution in [0.4, 0.5) is 0 Å². The predicted molar refractivity (Wildman–Crippen MR) is 62.7 cm³/mol. The van der Waals surface area contributed by atoms with E-state index in [0.717, 1.165) is 6.54 Å². The lowest BCUT2D eigenvalue weighted by Crippen LogP contribution is -2.18. The SMILES string of the molecule is C[C@@H](NC/C=C/CCl)c1ccccc1. The summed E-state index contributed by atoms with van der Waals surface area (Å²) < 4.78 is 0. The van der Waals surface area contributed by atoms with E-state index in [2.05, 4.69) is 36.5 Å². The van der Waals surface area contributed by atoms with Crippen LogP contribution < -0.4 is 5.32 Å². The zero-order valence-electron chi connectivity index (χ0n) is 8.41. The molecular weight excluding hydrogens is 194 g/mol. The highest BCUT2D eigenvalue weighted by Gasteiger charge is 2.00. The van der Waals surface area contributed by atoms with Gasteiger partial charge in [-0.2, -0.15) is 0 Å². The van der Waals surface area contributed by atoms with Crippen molar-refractivity contribution < 1.29 is 0 Å². The minimum atomic E-state index is 0.385. The average Bonchev–Trinajstić information content (AvgIpc) is 2.25. The monoisotopic (exact) mass is 209 g/mol. The summed E-state index contributed by atoms with van der Waals surface area (Å²) >= 11 is 5.52. The Morgan fingerprint density at radius 1 is 1.29 bits per heavy atom. The van der Waals surface area contributed by atoms with Crippen LogP contribution in [0.15, 0.2) is 42.5 Å². The first-order chi connectivity index (χ1) is 6.84. The molecule has 0 aliphatic rings. The highest BCUT2D eigenvalue weighted by Crippen LogP contribution is 2.10. The zero-order valence-corrected chi connectivity index (χ0v) is 9.17. The molecule has 0 aromatic heterocycles. The molecule has 1 aromatic rings. The number of allylic oxidation sites excluding steroid dienone is 1. The van der Waals surface area contributed by atoms with Crippen LogP contribution in [-0.4, -0.2) is 12.4 Å². The van der Waals surface area contributed by atoms with E-state index in [1.807, 2.05) is 18.2 Å². The van der Waals surface area contributed by atoms with Crippen molar-refractivity contribution in [2.24, 2.45) is 0 Å². The number of hydrogen-bond acceptors (Lipinski definition) is 1. The molecule has 14 heavy (non-hydrogen) atoms. The molecule has 0 radical (unpaired) electrons. The van der Waals surface area contributed by atoms with E-state index in [-0.39, 0.29) is 0 Å². The molecule has 0 aliphatic carbocycles. The molecule has 0 unspecified atom stereocenters. The van der Waals surface area contributed by atoms with Gasteiger partial charge in [-0.05, 0) is 12.5 Å². The van der Waals surface area contributed by atoms with Crippen molar-refractivity contribution in [3.05, 3.63) is 48.0 Å². The maximum absolute atomic E-state index is 5.52. The van der Waals surface area contributed by atoms with Crippen molar-refractivity contribution in [1.29, 1.82) is 0 Å². The van der Waals surface area contributed by atoms with Gasteiger partial charge in [-0.15, -0.1) is 11.6 Å². The van der Waals surface area contributed by atoms with Crippen LogP contribution in [0.3, 0.4) is 0 Å². The molecule has 1 rings (SSSR count). The lowest BCUT2D eigenvalue weighted by Gasteiger charge is -2.12. The first-order valence-corrected chi connectivity index (χ1v) is 5.37. The minimum absolute atomic E-state index is 0.385. The number of benzene rings is 1. The van der Waals surface area contributed by atoms with Gasteiger partial charge in [0.05, 0.1) is 0 Å². The second kappa shape index (κ2) is 6.63. The van der Waals surface area contributed by atoms with E-state index in [4.69, 9.17) is 11.6 Å². The van der Waals surface area contributed by atoms with Crippen molar-refractivity contribution in [3.8, 4) is 0 Å². The van der Waals surface area contributed by atoms with Crippen LogP contribution in [-0.2, 0) is 0 Å². The number of nitrogens with one attached hydrogen (secondary N) is 1. The molecule has 0 amide bonds. The first-order valence-electron chi connectivity index (χ1n) is 4.84. The van der Waals surface area contributed by atoms with Gasteiger partial charge in [0, 0.05) is 18.5 Å². The Morgan fingerprint density at radius 3 is 2.64 bits per heavy atom. The maximum Gasteiger partial charge on any atom is 0.0404 e. The largest absolute Gasteiger partial charge is 0.307 e. The normalized spacial score (nSPS) is 13.3. The molecule has 1 atom stereocenters. The Balaban J connectivity index is 2.36. The summed E-state index contributed by atoms with van der Waals surface area (Å²) in [7, 11) is 0. The first kappa shape index (κ1) is 11.3. The second-order valence-electron chi connectivity index (χ2n) is 3.17. The minimum Gasteiger partial charge on any atom is -0.307 e. The second-order valence-corrected chi connectivity index (χ2v) is 3.47. The van der Waals surface area contributed by atoms with Crippen LogP contribution in [0.5, 0.6) is 0 Å². The summed E-state index contributed by atoms with van der Waals surface area (Å²) in [6.45, 7) is 3.02. The summed E-state index contributed by atoms with van der Waals surface area (Å²) in [5.41, 5.74) is 1.31. The third-order valence-electron chi connectivity index (χ3n) is 2.10. The molecule has 0 spiro atoms. The van der Waals surface area contributed by atoms with Crippen LogP contribution >= 0.6 is 11.6 Å². The van der Waals surface area contributed by atoms with Crippen LogP contribution in [0, 0.1) is 0 Å². The summed E-state index contributed by atoms with van der Waals surface area (Å²) in [5, 5.41) is 3.39. The Hall–Kier alpha value is -0.790. The van der Waals surface area contributed by atoms with Crippen molar-refractivity contribution in [3.63, 3.8) is 0 Å². The predicted octanol–water partition coefficient (Wildman–Crippen LogP) is 3.13. The Bertz CT molecular complexity index is 269. The van der Waals surface area contributed by atoms with E-state index >= 15 is 0 Å². The standard InChI is InChI=1S/C12H16ClN/c1-11(14-10-6-5-9-13)12-7-3-2-4-8-12/h2-8,11,14H,9-10H2,1H3/b6-5+/t11-/m1/s1. The van der Waals surface area contributed by atoms with E-state index in [9.17, 15) is 0 Å². The average molecular weight is 210 g/mol. The molecule has 76 valence electrons. The summed E-state index contributed by atoms with van der Waals surface area (Å²) in [5.74, 6) is 0.585. The van der Waals surface area contributed by atoms with Gasteiger partial charge in [-0.25, -0.2) is 0 Å². The van der Waals surface area contributed by atoms with Gasteiger partial charge in [0.15, 0.2) is 0 Å². The Labute approximate surface area is 90.8 Å². The molecule has 0 aliphatic heterocycles. The number of alkyl halides is 1. The fourth-order valence-corrected chi connectivity index (χ4v) is 1.38. The maximum atomic E-state index is 5.52. The Morgan fingerprint density at radius 2 is 2.00 bits per heavy atom. The fourth-order valence-electron chi connectivity index (χ4n) is 1.25. The fraction of sp³-hybridized carbons (Fsp3) is 0.333. The van der Waals surface area contributed by atoms with Gasteiger partial charge in [0.25, 0.3) is 0 Å². The summed E-state index contributed by atoms with van der Waals surface area (Å²) in [6, 6.07) is 10.8. The smallest absolute Gasteiger partial charge is 0.0404 e. The number of rotatable bonds is 5. The third-order valence-corrected chi connectivity index (χ3v) is 2.28. The Kier molecular flexibility index (Phi) is 5.35. The lowest BCUT2D eigenvalue weighted by molar-refractivity contribution is 0.617. The van der Waals surface area contributed by atoms with Crippen LogP contribution in [0.25, 0.3) is 0 Å². The molecule has 0 fully saturated rings. The molecule has 0 saturated heterocycles. The van der Waals surface area contributed by atoms with Gasteiger partial charge < -0.3 is 5.32 Å². The quantitative estimate of drug-likeness (QED) is 0.581. The van der Waals surface area contributed by atoms with E-state index < -0.39 is 0 Å². The molecule has 0 bridgehead atoms. The number of halogens is 1. The summed E-state index contributed by atoms with van der Waals surface area (Å²) in [4.78, 5) is 0. The highest BCUT2D eigenvalue weighted by molar-refractivity contribution is 6.18. The van der Waals surface area contributed by atoms with E-state index in [0.29, 0.717) is 11.9 Å². The van der Waals surface area contributed by atoms with Gasteiger partial charge in [0.1, 0.15) is 0 Å². The third kappa shape index (κ3) is 3.95. The molecule has 1 nitrogen and oxygen atoms in total. The van der Waals surface area contributed by atoms with E-state index in [1.165, 1.54) is 5.56 Å². The molecule has 1 N–H and O–H groups in total. The zero-order chi connectivity index (χ0) is 10.2. The lowest BCUT2D eigenvalue weighted by atomic mass is 10.1. The number of hydrogen-bond donors (Lipinski definition) is 1.